The molecule has 0 aliphatic rings. The van der Waals surface area contributed by atoms with Gasteiger partial charge in [0.2, 0.25) is 0 Å². The molecule has 0 aliphatic carbocycles. The van der Waals surface area contributed by atoms with E-state index in [9.17, 15) is 0 Å². The molecule has 2 aromatic rings. The summed E-state index contributed by atoms with van der Waals surface area (Å²) in [4.78, 5) is 0. The van der Waals surface area contributed by atoms with Crippen LogP contribution >= 0.6 is 8.15 Å². The van der Waals surface area contributed by atoms with Crippen LogP contribution in [-0.2, 0) is 4.52 Å². The van der Waals surface area contributed by atoms with Gasteiger partial charge in [0.25, 0.3) is 0 Å². The molecular weight excluding hydrogens is 275 g/mol. The van der Waals surface area contributed by atoms with E-state index in [1.165, 1.54) is 21.7 Å². The molecule has 2 rings (SSSR count). The van der Waals surface area contributed by atoms with E-state index in [2.05, 4.69) is 76.2 Å². The van der Waals surface area contributed by atoms with Gasteiger partial charge >= 0.3 is 0 Å². The summed E-state index contributed by atoms with van der Waals surface area (Å²) in [6.45, 7) is 9.66. The Bertz CT molecular complexity index is 532. The Morgan fingerprint density at radius 1 is 0.857 bits per heavy atom. The maximum atomic E-state index is 6.35. The zero-order valence-electron chi connectivity index (χ0n) is 13.5. The van der Waals surface area contributed by atoms with Gasteiger partial charge in [-0.3, -0.25) is 0 Å². The van der Waals surface area contributed by atoms with E-state index in [1.807, 2.05) is 0 Å². The van der Waals surface area contributed by atoms with Crippen molar-refractivity contribution < 1.29 is 4.52 Å². The molecule has 0 N–H and O–H groups in total. The molecule has 0 saturated heterocycles. The highest BCUT2D eigenvalue weighted by Crippen LogP contribution is 2.37. The summed E-state index contributed by atoms with van der Waals surface area (Å²) in [5, 5.41) is 2.68. The summed E-state index contributed by atoms with van der Waals surface area (Å²) in [6.07, 6.45) is 1.11. The highest BCUT2D eigenvalue weighted by molar-refractivity contribution is 7.68. The van der Waals surface area contributed by atoms with Crippen LogP contribution < -0.4 is 10.6 Å². The molecule has 0 amide bonds. The fraction of sp³-hybridized carbons (Fsp3) is 0.368. The predicted octanol–water partition coefficient (Wildman–Crippen LogP) is 4.71. The largest absolute Gasteiger partial charge is 0.350 e. The molecule has 2 aromatic carbocycles. The Morgan fingerprint density at radius 3 is 1.76 bits per heavy atom. The van der Waals surface area contributed by atoms with Crippen LogP contribution in [0.2, 0.25) is 0 Å². The average Bonchev–Trinajstić information content (AvgIpc) is 2.45. The van der Waals surface area contributed by atoms with E-state index >= 15 is 0 Å². The van der Waals surface area contributed by atoms with Gasteiger partial charge in [-0.1, -0.05) is 62.4 Å². The highest BCUT2D eigenvalue weighted by Gasteiger charge is 2.18. The standard InChI is InChI=1S/C19H25OP/c1-15(2)13-14-20-21(18-11-7-5-9-16(18)3)19-12-8-6-10-17(19)4/h5-12,15H,13-14H2,1-4H3. The summed E-state index contributed by atoms with van der Waals surface area (Å²) >= 11 is 0. The van der Waals surface area contributed by atoms with Gasteiger partial charge in [-0.25, -0.2) is 0 Å². The molecular formula is C19H25OP. The molecule has 2 heteroatoms. The third-order valence-electron chi connectivity index (χ3n) is 3.58. The molecule has 0 aromatic heterocycles. The minimum absolute atomic E-state index is 0.676. The van der Waals surface area contributed by atoms with Gasteiger partial charge in [0, 0.05) is 10.6 Å². The first-order valence-corrected chi connectivity index (χ1v) is 8.90. The van der Waals surface area contributed by atoms with E-state index in [4.69, 9.17) is 4.52 Å². The van der Waals surface area contributed by atoms with Crippen LogP contribution in [0.3, 0.4) is 0 Å². The molecule has 0 saturated carbocycles. The second kappa shape index (κ2) is 7.73. The predicted molar refractivity (Wildman–Crippen MR) is 94.0 cm³/mol. The van der Waals surface area contributed by atoms with Crippen LogP contribution in [0.4, 0.5) is 0 Å². The number of benzene rings is 2. The maximum Gasteiger partial charge on any atom is 0.0922 e. The second-order valence-electron chi connectivity index (χ2n) is 5.88. The minimum atomic E-state index is -0.723. The molecule has 0 bridgehead atoms. The number of rotatable bonds is 6. The van der Waals surface area contributed by atoms with Crippen molar-refractivity contribution in [2.45, 2.75) is 34.1 Å². The molecule has 0 unspecified atom stereocenters. The highest BCUT2D eigenvalue weighted by atomic mass is 31.1. The van der Waals surface area contributed by atoms with Crippen molar-refractivity contribution in [2.24, 2.45) is 5.92 Å². The van der Waals surface area contributed by atoms with E-state index in [0.717, 1.165) is 13.0 Å². The molecule has 1 nitrogen and oxygen atoms in total. The third-order valence-corrected chi connectivity index (χ3v) is 5.90. The number of aryl methyl sites for hydroxylation is 2. The molecule has 0 heterocycles. The Hall–Kier alpha value is -1.17. The molecule has 21 heavy (non-hydrogen) atoms. The molecule has 0 fully saturated rings. The van der Waals surface area contributed by atoms with E-state index < -0.39 is 8.15 Å². The smallest absolute Gasteiger partial charge is 0.0922 e. The van der Waals surface area contributed by atoms with E-state index in [0.29, 0.717) is 5.92 Å². The maximum absolute atomic E-state index is 6.35. The lowest BCUT2D eigenvalue weighted by Crippen LogP contribution is -2.18. The fourth-order valence-electron chi connectivity index (χ4n) is 2.23. The van der Waals surface area contributed by atoms with Crippen LogP contribution in [0.15, 0.2) is 48.5 Å². The van der Waals surface area contributed by atoms with E-state index in [1.54, 1.807) is 0 Å². The molecule has 112 valence electrons. The zero-order chi connectivity index (χ0) is 15.2. The minimum Gasteiger partial charge on any atom is -0.350 e. The van der Waals surface area contributed by atoms with Crippen molar-refractivity contribution in [3.05, 3.63) is 59.7 Å². The van der Waals surface area contributed by atoms with Crippen LogP contribution in [-0.4, -0.2) is 6.61 Å². The second-order valence-corrected chi connectivity index (χ2v) is 7.69. The topological polar surface area (TPSA) is 9.23 Å². The van der Waals surface area contributed by atoms with Crippen molar-refractivity contribution in [3.63, 3.8) is 0 Å². The van der Waals surface area contributed by atoms with Crippen LogP contribution in [0.25, 0.3) is 0 Å². The fourth-order valence-corrected chi connectivity index (χ4v) is 4.29. The molecule has 0 atom stereocenters. The first-order chi connectivity index (χ1) is 10.1. The first-order valence-electron chi connectivity index (χ1n) is 7.64. The summed E-state index contributed by atoms with van der Waals surface area (Å²) < 4.78 is 6.35. The number of hydrogen-bond acceptors (Lipinski definition) is 1. The van der Waals surface area contributed by atoms with Crippen molar-refractivity contribution in [1.29, 1.82) is 0 Å². The van der Waals surface area contributed by atoms with Crippen LogP contribution in [0.5, 0.6) is 0 Å². The monoisotopic (exact) mass is 300 g/mol. The van der Waals surface area contributed by atoms with Gasteiger partial charge in [-0.2, -0.15) is 0 Å². The Kier molecular flexibility index (Phi) is 5.96. The lowest BCUT2D eigenvalue weighted by Gasteiger charge is -2.22. The normalized spacial score (nSPS) is 11.3. The molecule has 0 spiro atoms. The Labute approximate surface area is 130 Å². The summed E-state index contributed by atoms with van der Waals surface area (Å²) in [7, 11) is -0.723. The number of hydrogen-bond donors (Lipinski definition) is 0. The Balaban J connectivity index is 2.31. The lowest BCUT2D eigenvalue weighted by molar-refractivity contribution is 0.324. The van der Waals surface area contributed by atoms with Crippen LogP contribution in [0.1, 0.15) is 31.4 Å². The van der Waals surface area contributed by atoms with E-state index in [-0.39, 0.29) is 0 Å². The quantitative estimate of drug-likeness (QED) is 0.702. The summed E-state index contributed by atoms with van der Waals surface area (Å²) in [6, 6.07) is 17.2. The van der Waals surface area contributed by atoms with Gasteiger partial charge in [-0.05, 0) is 37.3 Å². The molecule has 0 radical (unpaired) electrons. The van der Waals surface area contributed by atoms with Crippen molar-refractivity contribution >= 4 is 18.8 Å². The molecule has 0 aliphatic heterocycles. The van der Waals surface area contributed by atoms with Crippen molar-refractivity contribution in [3.8, 4) is 0 Å². The average molecular weight is 300 g/mol. The zero-order valence-corrected chi connectivity index (χ0v) is 14.4. The Morgan fingerprint density at radius 2 is 1.33 bits per heavy atom. The first kappa shape index (κ1) is 16.2. The summed E-state index contributed by atoms with van der Waals surface area (Å²) in [5.41, 5.74) is 2.63. The van der Waals surface area contributed by atoms with Gasteiger partial charge in [0.05, 0.1) is 14.8 Å². The van der Waals surface area contributed by atoms with Gasteiger partial charge < -0.3 is 4.52 Å². The van der Waals surface area contributed by atoms with Crippen molar-refractivity contribution in [2.75, 3.05) is 6.61 Å². The SMILES string of the molecule is Cc1ccccc1P(OCCC(C)C)c1ccccc1C. The lowest BCUT2D eigenvalue weighted by atomic mass is 10.2. The van der Waals surface area contributed by atoms with Crippen LogP contribution in [0, 0.1) is 19.8 Å². The third kappa shape index (κ3) is 4.40. The van der Waals surface area contributed by atoms with Gasteiger partial charge in [0.15, 0.2) is 0 Å². The summed E-state index contributed by atoms with van der Waals surface area (Å²) in [5.74, 6) is 0.676. The van der Waals surface area contributed by atoms with Gasteiger partial charge in [0.1, 0.15) is 0 Å². The van der Waals surface area contributed by atoms with Gasteiger partial charge in [-0.15, -0.1) is 0 Å². The van der Waals surface area contributed by atoms with Crippen molar-refractivity contribution in [1.82, 2.24) is 0 Å².